The van der Waals surface area contributed by atoms with Gasteiger partial charge in [0.2, 0.25) is 12.3 Å². The van der Waals surface area contributed by atoms with Crippen molar-refractivity contribution in [2.75, 3.05) is 6.54 Å². The lowest BCUT2D eigenvalue weighted by Gasteiger charge is -2.24. The highest BCUT2D eigenvalue weighted by Crippen LogP contribution is 2.24. The maximum Gasteiger partial charge on any atom is 0.352 e. The summed E-state index contributed by atoms with van der Waals surface area (Å²) < 4.78 is 9.85. The number of carboxylic acids is 1. The Bertz CT molecular complexity index is 609. The number of fused-ring (bicyclic) bond motifs is 1. The number of aryl methyl sites for hydroxylation is 1. The normalized spacial score (nSPS) is 15.6. The van der Waals surface area contributed by atoms with Crippen molar-refractivity contribution >= 4 is 29.2 Å². The van der Waals surface area contributed by atoms with Gasteiger partial charge in [-0.1, -0.05) is 6.07 Å². The molecule has 0 aliphatic carbocycles. The summed E-state index contributed by atoms with van der Waals surface area (Å²) in [5.74, 6) is -0.942. The molecule has 0 amide bonds. The van der Waals surface area contributed by atoms with Crippen LogP contribution in [-0.2, 0) is 15.0 Å². The van der Waals surface area contributed by atoms with Gasteiger partial charge in [0, 0.05) is 10.9 Å². The molecule has 1 saturated heterocycles. The van der Waals surface area contributed by atoms with Gasteiger partial charge < -0.3 is 10.1 Å². The predicted molar refractivity (Wildman–Crippen MR) is 70.0 cm³/mol. The van der Waals surface area contributed by atoms with Crippen LogP contribution >= 0.6 is 12.3 Å². The Morgan fingerprint density at radius 1 is 1.37 bits per heavy atom. The van der Waals surface area contributed by atoms with Crippen LogP contribution in [0.3, 0.4) is 0 Å². The smallest absolute Gasteiger partial charge is 0.352 e. The number of carboxylic acid groups (broad SMARTS) is 1. The molecule has 6 nitrogen and oxygen atoms in total. The van der Waals surface area contributed by atoms with Gasteiger partial charge in [0.05, 0.1) is 6.54 Å². The predicted octanol–water partition coefficient (Wildman–Crippen LogP) is 2.54. The lowest BCUT2D eigenvalue weighted by atomic mass is 10.1. The number of carbonyl (C=O) groups is 1. The third-order valence-electron chi connectivity index (χ3n) is 2.95. The Hall–Kier alpha value is -1.54. The van der Waals surface area contributed by atoms with E-state index in [1.807, 2.05) is 18.2 Å². The van der Waals surface area contributed by atoms with E-state index in [-0.39, 0.29) is 5.69 Å². The van der Waals surface area contributed by atoms with E-state index in [0.29, 0.717) is 6.54 Å². The van der Waals surface area contributed by atoms with Crippen LogP contribution in [0.5, 0.6) is 0 Å². The Labute approximate surface area is 113 Å². The van der Waals surface area contributed by atoms with Crippen molar-refractivity contribution < 1.29 is 18.5 Å². The first-order chi connectivity index (χ1) is 9.22. The number of hydrogen-bond acceptors (Lipinski definition) is 5. The number of aromatic amines is 1. The van der Waals surface area contributed by atoms with E-state index >= 15 is 0 Å². The lowest BCUT2D eigenvalue weighted by Crippen LogP contribution is -2.28. The van der Waals surface area contributed by atoms with Crippen molar-refractivity contribution in [2.24, 2.45) is 0 Å². The summed E-state index contributed by atoms with van der Waals surface area (Å²) in [6, 6.07) is 7.56. The summed E-state index contributed by atoms with van der Waals surface area (Å²) in [4.78, 5) is 13.7. The van der Waals surface area contributed by atoms with E-state index in [0.717, 1.165) is 41.6 Å². The minimum atomic E-state index is -0.942. The molecule has 0 saturated carbocycles. The van der Waals surface area contributed by atoms with Crippen LogP contribution in [0, 0.1) is 0 Å². The molecule has 2 aromatic rings. The Morgan fingerprint density at radius 2 is 2.21 bits per heavy atom. The average Bonchev–Trinajstić information content (AvgIpc) is 2.75. The molecular weight excluding hydrogens is 268 g/mol. The highest BCUT2D eigenvalue weighted by molar-refractivity contribution is 7.90. The van der Waals surface area contributed by atoms with Crippen LogP contribution in [0.25, 0.3) is 10.9 Å². The summed E-state index contributed by atoms with van der Waals surface area (Å²) in [6.45, 7) is 0.707. The van der Waals surface area contributed by atoms with E-state index in [9.17, 15) is 4.79 Å². The Balaban J connectivity index is 1.67. The topological polar surface area (TPSA) is 74.8 Å². The second-order valence-corrected chi connectivity index (χ2v) is 4.72. The first-order valence-electron chi connectivity index (χ1n) is 5.86. The van der Waals surface area contributed by atoms with Gasteiger partial charge in [0.25, 0.3) is 0 Å². The molecule has 7 heteroatoms. The maximum absolute atomic E-state index is 10.9. The van der Waals surface area contributed by atoms with E-state index in [2.05, 4.69) is 4.98 Å². The summed E-state index contributed by atoms with van der Waals surface area (Å²) in [5.41, 5.74) is 2.22. The van der Waals surface area contributed by atoms with Crippen LogP contribution in [0.1, 0.15) is 22.5 Å². The van der Waals surface area contributed by atoms with Gasteiger partial charge >= 0.3 is 5.97 Å². The molecule has 0 radical (unpaired) electrons. The number of nitrogens with one attached hydrogen (secondary N) is 1. The quantitative estimate of drug-likeness (QED) is 0.820. The highest BCUT2D eigenvalue weighted by atomic mass is 32.2. The number of H-pyrrole nitrogens is 1. The molecular formula is C12H12N2O4S. The first kappa shape index (κ1) is 12.5. The van der Waals surface area contributed by atoms with Gasteiger partial charge in [-0.15, -0.1) is 0 Å². The average molecular weight is 280 g/mol. The molecule has 0 atom stereocenters. The largest absolute Gasteiger partial charge is 0.477 e. The van der Waals surface area contributed by atoms with E-state index < -0.39 is 5.97 Å². The molecule has 0 spiro atoms. The number of aromatic carboxylic acids is 1. The first-order valence-corrected chi connectivity index (χ1v) is 6.53. The molecule has 2 heterocycles. The van der Waals surface area contributed by atoms with Crippen molar-refractivity contribution in [3.05, 3.63) is 35.5 Å². The van der Waals surface area contributed by atoms with Crippen molar-refractivity contribution in [3.8, 4) is 0 Å². The fourth-order valence-corrected chi connectivity index (χ4v) is 2.31. The number of aromatic nitrogens is 1. The maximum atomic E-state index is 10.9. The SMILES string of the molecule is O=C(O)c1cc2cc(CCCN3OSO3)ccc2[nH]1. The summed E-state index contributed by atoms with van der Waals surface area (Å²) in [5, 5.41) is 11.3. The lowest BCUT2D eigenvalue weighted by molar-refractivity contribution is -0.302. The molecule has 100 valence electrons. The van der Waals surface area contributed by atoms with Gasteiger partial charge in [-0.05, 0) is 41.8 Å². The standard InChI is InChI=1S/C12H12N2O4S/c15-12(16)11-7-9-6-8(3-4-10(9)13-11)2-1-5-14-17-19-18-14/h3-4,6-7,13H,1-2,5H2,(H,15,16). The third kappa shape index (κ3) is 2.74. The Morgan fingerprint density at radius 3 is 2.89 bits per heavy atom. The van der Waals surface area contributed by atoms with Crippen LogP contribution < -0.4 is 0 Å². The molecule has 19 heavy (non-hydrogen) atoms. The fraction of sp³-hybridized carbons (Fsp3) is 0.250. The van der Waals surface area contributed by atoms with Crippen LogP contribution in [-0.4, -0.2) is 27.8 Å². The summed E-state index contributed by atoms with van der Waals surface area (Å²) in [6.07, 6.45) is 1.79. The minimum Gasteiger partial charge on any atom is -0.477 e. The number of nitrogens with zero attached hydrogens (tertiary/aromatic N) is 1. The zero-order valence-electron chi connectivity index (χ0n) is 9.96. The summed E-state index contributed by atoms with van der Waals surface area (Å²) in [7, 11) is 0. The van der Waals surface area contributed by atoms with Crippen molar-refractivity contribution in [2.45, 2.75) is 12.8 Å². The molecule has 2 N–H and O–H groups in total. The second-order valence-electron chi connectivity index (χ2n) is 4.29. The van der Waals surface area contributed by atoms with Gasteiger partial charge in [-0.2, -0.15) is 8.57 Å². The molecule has 1 aromatic carbocycles. The van der Waals surface area contributed by atoms with Crippen molar-refractivity contribution in [1.29, 1.82) is 0 Å². The third-order valence-corrected chi connectivity index (χ3v) is 3.40. The Kier molecular flexibility index (Phi) is 3.43. The van der Waals surface area contributed by atoms with Crippen LogP contribution in [0.2, 0.25) is 0 Å². The molecule has 0 bridgehead atoms. The van der Waals surface area contributed by atoms with Gasteiger partial charge in [-0.3, -0.25) is 0 Å². The number of hydrogen-bond donors (Lipinski definition) is 2. The van der Waals surface area contributed by atoms with Gasteiger partial charge in [0.15, 0.2) is 0 Å². The molecule has 1 fully saturated rings. The van der Waals surface area contributed by atoms with Crippen molar-refractivity contribution in [3.63, 3.8) is 0 Å². The molecule has 1 aliphatic heterocycles. The van der Waals surface area contributed by atoms with Gasteiger partial charge in [-0.25, -0.2) is 4.79 Å². The van der Waals surface area contributed by atoms with E-state index in [4.69, 9.17) is 13.7 Å². The number of hydroxylamine groups is 2. The zero-order valence-corrected chi connectivity index (χ0v) is 10.8. The van der Waals surface area contributed by atoms with Crippen LogP contribution in [0.15, 0.2) is 24.3 Å². The number of benzene rings is 1. The summed E-state index contributed by atoms with van der Waals surface area (Å²) >= 11 is 0.965. The zero-order chi connectivity index (χ0) is 13.2. The molecule has 1 aromatic heterocycles. The van der Waals surface area contributed by atoms with Crippen LogP contribution in [0.4, 0.5) is 0 Å². The number of rotatable bonds is 5. The fourth-order valence-electron chi connectivity index (χ4n) is 2.01. The minimum absolute atomic E-state index is 0.214. The monoisotopic (exact) mass is 280 g/mol. The van der Waals surface area contributed by atoms with E-state index in [1.165, 1.54) is 5.23 Å². The van der Waals surface area contributed by atoms with E-state index in [1.54, 1.807) is 6.07 Å². The highest BCUT2D eigenvalue weighted by Gasteiger charge is 2.17. The second kappa shape index (κ2) is 5.22. The van der Waals surface area contributed by atoms with Crippen molar-refractivity contribution in [1.82, 2.24) is 10.2 Å². The molecule has 1 aliphatic rings. The van der Waals surface area contributed by atoms with Gasteiger partial charge in [0.1, 0.15) is 5.69 Å². The molecule has 0 unspecified atom stereocenters. The molecule has 3 rings (SSSR count).